The van der Waals surface area contributed by atoms with Crippen LogP contribution in [-0.2, 0) is 0 Å². The molecule has 0 aliphatic carbocycles. The summed E-state index contributed by atoms with van der Waals surface area (Å²) in [5, 5.41) is 3.20. The third kappa shape index (κ3) is 3.23. The van der Waals surface area contributed by atoms with Crippen molar-refractivity contribution in [1.29, 1.82) is 0 Å². The Morgan fingerprint density at radius 2 is 2.45 bits per heavy atom. The lowest BCUT2D eigenvalue weighted by atomic mass is 10.4. The van der Waals surface area contributed by atoms with E-state index in [-0.39, 0.29) is 0 Å². The molecule has 0 aliphatic rings. The van der Waals surface area contributed by atoms with Crippen LogP contribution in [0.5, 0.6) is 0 Å². The molecule has 11 heavy (non-hydrogen) atoms. The third-order valence-electron chi connectivity index (χ3n) is 1.30. The minimum absolute atomic E-state index is 0.702. The maximum atomic E-state index is 5.51. The fraction of sp³-hybridized carbons (Fsp3) is 0.375. The Morgan fingerprint density at radius 3 is 3.09 bits per heavy atom. The summed E-state index contributed by atoms with van der Waals surface area (Å²) in [5.41, 5.74) is 1.05. The van der Waals surface area contributed by atoms with Crippen LogP contribution in [-0.4, -0.2) is 17.4 Å². The Kier molecular flexibility index (Phi) is 3.76. The second kappa shape index (κ2) is 4.97. The Bertz CT molecular complexity index is 189. The highest BCUT2D eigenvalue weighted by Gasteiger charge is 1.87. The van der Waals surface area contributed by atoms with Gasteiger partial charge in [0.25, 0.3) is 0 Å². The summed E-state index contributed by atoms with van der Waals surface area (Å²) in [6.07, 6.45) is 4.54. The summed E-state index contributed by atoms with van der Waals surface area (Å²) in [6, 6.07) is 3.89. The molecule has 0 saturated heterocycles. The molecule has 2 nitrogen and oxygen atoms in total. The average Bonchev–Trinajstić information content (AvgIpc) is 2.07. The van der Waals surface area contributed by atoms with E-state index in [2.05, 4.69) is 10.3 Å². The Balaban J connectivity index is 2.28. The summed E-state index contributed by atoms with van der Waals surface area (Å²) >= 11 is 5.51. The highest BCUT2D eigenvalue weighted by Crippen LogP contribution is 2.01. The maximum Gasteiger partial charge on any atom is 0.0526 e. The Morgan fingerprint density at radius 1 is 1.55 bits per heavy atom. The number of hydrogen-bond donors (Lipinski definition) is 1. The lowest BCUT2D eigenvalue weighted by Crippen LogP contribution is -2.01. The van der Waals surface area contributed by atoms with E-state index in [1.54, 1.807) is 12.4 Å². The summed E-state index contributed by atoms with van der Waals surface area (Å²) < 4.78 is 0. The van der Waals surface area contributed by atoms with Gasteiger partial charge in [-0.05, 0) is 18.6 Å². The predicted molar refractivity (Wildman–Crippen MR) is 48.1 cm³/mol. The number of rotatable bonds is 4. The van der Waals surface area contributed by atoms with E-state index in [0.29, 0.717) is 5.88 Å². The average molecular weight is 171 g/mol. The number of nitrogens with one attached hydrogen (secondary N) is 1. The number of nitrogens with zero attached hydrogens (tertiary/aromatic N) is 1. The van der Waals surface area contributed by atoms with Gasteiger partial charge in [0.15, 0.2) is 0 Å². The van der Waals surface area contributed by atoms with Crippen molar-refractivity contribution in [2.75, 3.05) is 17.7 Å². The van der Waals surface area contributed by atoms with E-state index in [1.165, 1.54) is 0 Å². The molecular formula is C8H11ClN2. The van der Waals surface area contributed by atoms with Gasteiger partial charge in [-0.25, -0.2) is 0 Å². The fourth-order valence-corrected chi connectivity index (χ4v) is 0.900. The predicted octanol–water partition coefficient (Wildman–Crippen LogP) is 2.12. The topological polar surface area (TPSA) is 24.9 Å². The zero-order valence-electron chi connectivity index (χ0n) is 6.26. The van der Waals surface area contributed by atoms with Crippen LogP contribution in [0.4, 0.5) is 5.69 Å². The highest BCUT2D eigenvalue weighted by atomic mass is 35.5. The molecule has 1 aromatic heterocycles. The van der Waals surface area contributed by atoms with E-state index >= 15 is 0 Å². The molecule has 1 heterocycles. The minimum atomic E-state index is 0.702. The van der Waals surface area contributed by atoms with Gasteiger partial charge in [-0.1, -0.05) is 0 Å². The van der Waals surface area contributed by atoms with Gasteiger partial charge in [-0.3, -0.25) is 4.98 Å². The number of anilines is 1. The summed E-state index contributed by atoms with van der Waals surface area (Å²) in [6.45, 7) is 0.912. The van der Waals surface area contributed by atoms with Crippen molar-refractivity contribution in [1.82, 2.24) is 4.98 Å². The van der Waals surface area contributed by atoms with E-state index in [0.717, 1.165) is 18.7 Å². The van der Waals surface area contributed by atoms with Gasteiger partial charge < -0.3 is 5.32 Å². The van der Waals surface area contributed by atoms with Crippen molar-refractivity contribution in [3.63, 3.8) is 0 Å². The van der Waals surface area contributed by atoms with Gasteiger partial charge in [0, 0.05) is 24.8 Å². The first-order valence-corrected chi connectivity index (χ1v) is 4.17. The van der Waals surface area contributed by atoms with Crippen molar-refractivity contribution in [3.05, 3.63) is 24.5 Å². The molecule has 0 fully saturated rings. The quantitative estimate of drug-likeness (QED) is 0.553. The van der Waals surface area contributed by atoms with Crippen LogP contribution >= 0.6 is 11.6 Å². The lowest BCUT2D eigenvalue weighted by Gasteiger charge is -2.02. The van der Waals surface area contributed by atoms with Gasteiger partial charge >= 0.3 is 0 Å². The highest BCUT2D eigenvalue weighted by molar-refractivity contribution is 6.17. The summed E-state index contributed by atoms with van der Waals surface area (Å²) in [4.78, 5) is 3.97. The van der Waals surface area contributed by atoms with Gasteiger partial charge in [-0.2, -0.15) is 0 Å². The zero-order chi connectivity index (χ0) is 7.94. The van der Waals surface area contributed by atoms with Gasteiger partial charge in [0.05, 0.1) is 5.69 Å². The zero-order valence-corrected chi connectivity index (χ0v) is 7.01. The van der Waals surface area contributed by atoms with Crippen molar-refractivity contribution >= 4 is 17.3 Å². The van der Waals surface area contributed by atoms with Crippen molar-refractivity contribution in [2.45, 2.75) is 6.42 Å². The molecule has 0 spiro atoms. The molecule has 60 valence electrons. The molecule has 3 heteroatoms. The molecule has 0 unspecified atom stereocenters. The van der Waals surface area contributed by atoms with Crippen LogP contribution in [0, 0.1) is 0 Å². The van der Waals surface area contributed by atoms with Crippen molar-refractivity contribution in [3.8, 4) is 0 Å². The van der Waals surface area contributed by atoms with E-state index in [9.17, 15) is 0 Å². The summed E-state index contributed by atoms with van der Waals surface area (Å²) in [5.74, 6) is 0.702. The van der Waals surface area contributed by atoms with Gasteiger partial charge in [0.1, 0.15) is 0 Å². The standard InChI is InChI=1S/C8H11ClN2/c9-4-2-6-11-8-3-1-5-10-7-8/h1,3,5,7,11H,2,4,6H2. The van der Waals surface area contributed by atoms with Crippen LogP contribution in [0.3, 0.4) is 0 Å². The molecule has 1 N–H and O–H groups in total. The number of alkyl halides is 1. The molecule has 0 saturated carbocycles. The fourth-order valence-electron chi connectivity index (χ4n) is 0.767. The van der Waals surface area contributed by atoms with Crippen molar-refractivity contribution in [2.24, 2.45) is 0 Å². The molecule has 0 aliphatic heterocycles. The Labute approximate surface area is 71.6 Å². The molecule has 0 atom stereocenters. The maximum absolute atomic E-state index is 5.51. The first-order valence-electron chi connectivity index (χ1n) is 3.63. The number of hydrogen-bond acceptors (Lipinski definition) is 2. The van der Waals surface area contributed by atoms with E-state index in [1.807, 2.05) is 12.1 Å². The van der Waals surface area contributed by atoms with Crippen LogP contribution in [0.1, 0.15) is 6.42 Å². The molecular weight excluding hydrogens is 160 g/mol. The number of pyridine rings is 1. The second-order valence-corrected chi connectivity index (χ2v) is 2.59. The van der Waals surface area contributed by atoms with E-state index < -0.39 is 0 Å². The van der Waals surface area contributed by atoms with Crippen molar-refractivity contribution < 1.29 is 0 Å². The molecule has 0 radical (unpaired) electrons. The monoisotopic (exact) mass is 170 g/mol. The first-order chi connectivity index (χ1) is 5.43. The molecule has 0 amide bonds. The lowest BCUT2D eigenvalue weighted by molar-refractivity contribution is 0.985. The smallest absolute Gasteiger partial charge is 0.0526 e. The molecule has 0 aromatic carbocycles. The normalized spacial score (nSPS) is 9.55. The third-order valence-corrected chi connectivity index (χ3v) is 1.57. The van der Waals surface area contributed by atoms with Crippen LogP contribution in [0.25, 0.3) is 0 Å². The molecule has 1 aromatic rings. The van der Waals surface area contributed by atoms with E-state index in [4.69, 9.17) is 11.6 Å². The first kappa shape index (κ1) is 8.34. The number of halogens is 1. The van der Waals surface area contributed by atoms with Gasteiger partial charge in [-0.15, -0.1) is 11.6 Å². The Hall–Kier alpha value is -0.760. The van der Waals surface area contributed by atoms with Crippen LogP contribution in [0.2, 0.25) is 0 Å². The minimum Gasteiger partial charge on any atom is -0.384 e. The largest absolute Gasteiger partial charge is 0.384 e. The molecule has 0 bridgehead atoms. The van der Waals surface area contributed by atoms with Crippen LogP contribution < -0.4 is 5.32 Å². The molecule has 1 rings (SSSR count). The number of aromatic nitrogens is 1. The van der Waals surface area contributed by atoms with Gasteiger partial charge in [0.2, 0.25) is 0 Å². The second-order valence-electron chi connectivity index (χ2n) is 2.21. The SMILES string of the molecule is ClCCCNc1cccnc1. The summed E-state index contributed by atoms with van der Waals surface area (Å²) in [7, 11) is 0. The van der Waals surface area contributed by atoms with Crippen LogP contribution in [0.15, 0.2) is 24.5 Å².